The lowest BCUT2D eigenvalue weighted by molar-refractivity contribution is 0.116. The molecule has 158 valence electrons. The standard InChI is InChI=1S/C21H26O6S2/c1-16-3-11-20(12-4-16)28(22,23)26-15-18-7-9-19(10-8-18)27-29(24,25)21-13-5-17(2)6-14-21/h3-6,11-14,18-19H,7-10,15H2,1-2H3. The van der Waals surface area contributed by atoms with Gasteiger partial charge in [0.1, 0.15) is 0 Å². The molecule has 6 nitrogen and oxygen atoms in total. The van der Waals surface area contributed by atoms with Gasteiger partial charge in [0.05, 0.1) is 22.5 Å². The molecule has 0 saturated heterocycles. The minimum absolute atomic E-state index is 0.0529. The van der Waals surface area contributed by atoms with E-state index < -0.39 is 26.3 Å². The summed E-state index contributed by atoms with van der Waals surface area (Å²) >= 11 is 0. The highest BCUT2D eigenvalue weighted by Crippen LogP contribution is 2.30. The van der Waals surface area contributed by atoms with E-state index in [0.29, 0.717) is 25.7 Å². The van der Waals surface area contributed by atoms with Crippen LogP contribution in [0.5, 0.6) is 0 Å². The van der Waals surface area contributed by atoms with Crippen LogP contribution in [0.2, 0.25) is 0 Å². The van der Waals surface area contributed by atoms with E-state index >= 15 is 0 Å². The molecule has 1 aliphatic carbocycles. The maximum atomic E-state index is 12.4. The van der Waals surface area contributed by atoms with Crippen molar-refractivity contribution in [3.05, 3.63) is 59.7 Å². The molecule has 2 aromatic carbocycles. The van der Waals surface area contributed by atoms with Gasteiger partial charge in [0.15, 0.2) is 0 Å². The van der Waals surface area contributed by atoms with E-state index in [0.717, 1.165) is 11.1 Å². The Hall–Kier alpha value is -1.74. The molecule has 0 heterocycles. The van der Waals surface area contributed by atoms with Crippen LogP contribution in [0.15, 0.2) is 58.3 Å². The molecule has 1 aliphatic rings. The second-order valence-corrected chi connectivity index (χ2v) is 10.7. The van der Waals surface area contributed by atoms with Gasteiger partial charge in [0.25, 0.3) is 20.2 Å². The van der Waals surface area contributed by atoms with Crippen molar-refractivity contribution in [2.45, 2.75) is 55.4 Å². The van der Waals surface area contributed by atoms with Gasteiger partial charge >= 0.3 is 0 Å². The summed E-state index contributed by atoms with van der Waals surface area (Å²) in [5.74, 6) is 0.0529. The highest BCUT2D eigenvalue weighted by atomic mass is 32.2. The smallest absolute Gasteiger partial charge is 0.266 e. The Morgan fingerprint density at radius 1 is 0.724 bits per heavy atom. The van der Waals surface area contributed by atoms with Crippen LogP contribution in [-0.2, 0) is 28.6 Å². The fraction of sp³-hybridized carbons (Fsp3) is 0.429. The van der Waals surface area contributed by atoms with Crippen LogP contribution in [0, 0.1) is 19.8 Å². The zero-order chi connectivity index (χ0) is 21.1. The lowest BCUT2D eigenvalue weighted by Crippen LogP contribution is -2.27. The van der Waals surface area contributed by atoms with Crippen LogP contribution < -0.4 is 0 Å². The fourth-order valence-corrected chi connectivity index (χ4v) is 5.40. The number of rotatable bonds is 7. The largest absolute Gasteiger partial charge is 0.297 e. The Bertz CT molecular complexity index is 1020. The first-order chi connectivity index (χ1) is 13.7. The summed E-state index contributed by atoms with van der Waals surface area (Å²) in [6, 6.07) is 13.1. The first-order valence-corrected chi connectivity index (χ1v) is 12.4. The third kappa shape index (κ3) is 5.88. The molecule has 3 rings (SSSR count). The molecule has 0 unspecified atom stereocenters. The Morgan fingerprint density at radius 3 is 1.66 bits per heavy atom. The van der Waals surface area contributed by atoms with Gasteiger partial charge in [-0.15, -0.1) is 0 Å². The zero-order valence-corrected chi connectivity index (χ0v) is 18.2. The van der Waals surface area contributed by atoms with Crippen molar-refractivity contribution >= 4 is 20.2 Å². The quantitative estimate of drug-likeness (QED) is 0.608. The molecule has 2 aromatic rings. The Morgan fingerprint density at radius 2 is 1.17 bits per heavy atom. The van der Waals surface area contributed by atoms with E-state index in [1.54, 1.807) is 36.4 Å². The highest BCUT2D eigenvalue weighted by molar-refractivity contribution is 7.87. The molecule has 0 spiro atoms. The predicted molar refractivity (Wildman–Crippen MR) is 110 cm³/mol. The van der Waals surface area contributed by atoms with E-state index in [4.69, 9.17) is 8.37 Å². The fourth-order valence-electron chi connectivity index (χ4n) is 3.29. The minimum Gasteiger partial charge on any atom is -0.266 e. The van der Waals surface area contributed by atoms with E-state index in [-0.39, 0.29) is 22.3 Å². The van der Waals surface area contributed by atoms with Crippen LogP contribution in [0.25, 0.3) is 0 Å². The molecular formula is C21H26O6S2. The lowest BCUT2D eigenvalue weighted by atomic mass is 9.88. The molecule has 0 bridgehead atoms. The van der Waals surface area contributed by atoms with Gasteiger partial charge in [-0.1, -0.05) is 35.4 Å². The third-order valence-corrected chi connectivity index (χ3v) is 7.81. The summed E-state index contributed by atoms with van der Waals surface area (Å²) in [6.45, 7) is 3.87. The van der Waals surface area contributed by atoms with Crippen LogP contribution in [0.3, 0.4) is 0 Å². The summed E-state index contributed by atoms with van der Waals surface area (Å²) in [7, 11) is -7.58. The van der Waals surface area contributed by atoms with Crippen LogP contribution in [0.4, 0.5) is 0 Å². The van der Waals surface area contributed by atoms with Crippen molar-refractivity contribution in [3.63, 3.8) is 0 Å². The van der Waals surface area contributed by atoms with Crippen molar-refractivity contribution < 1.29 is 25.2 Å². The molecule has 0 atom stereocenters. The Kier molecular flexibility index (Phi) is 6.78. The molecule has 1 saturated carbocycles. The summed E-state index contributed by atoms with van der Waals surface area (Å²) in [5.41, 5.74) is 1.95. The average molecular weight is 439 g/mol. The molecule has 0 N–H and O–H groups in total. The number of hydrogen-bond acceptors (Lipinski definition) is 6. The molecule has 29 heavy (non-hydrogen) atoms. The van der Waals surface area contributed by atoms with Gasteiger partial charge < -0.3 is 0 Å². The van der Waals surface area contributed by atoms with Crippen LogP contribution >= 0.6 is 0 Å². The Labute approximate surface area is 173 Å². The van der Waals surface area contributed by atoms with E-state index in [2.05, 4.69) is 0 Å². The summed E-state index contributed by atoms with van der Waals surface area (Å²) in [5, 5.41) is 0. The van der Waals surface area contributed by atoms with Crippen molar-refractivity contribution in [1.29, 1.82) is 0 Å². The predicted octanol–water partition coefficient (Wildman–Crippen LogP) is 3.97. The second kappa shape index (κ2) is 8.95. The highest BCUT2D eigenvalue weighted by Gasteiger charge is 2.28. The lowest BCUT2D eigenvalue weighted by Gasteiger charge is -2.27. The first-order valence-electron chi connectivity index (χ1n) is 9.62. The maximum absolute atomic E-state index is 12.4. The second-order valence-electron chi connectivity index (χ2n) is 7.56. The van der Waals surface area contributed by atoms with Crippen LogP contribution in [-0.4, -0.2) is 29.5 Å². The zero-order valence-electron chi connectivity index (χ0n) is 16.6. The SMILES string of the molecule is Cc1ccc(S(=O)(=O)OCC2CCC(OS(=O)(=O)c3ccc(C)cc3)CC2)cc1. The average Bonchev–Trinajstić information content (AvgIpc) is 2.68. The number of aryl methyl sites for hydroxylation is 2. The molecule has 0 aromatic heterocycles. The minimum atomic E-state index is -3.80. The molecule has 0 aliphatic heterocycles. The normalized spacial score (nSPS) is 20.5. The topological polar surface area (TPSA) is 86.7 Å². The van der Waals surface area contributed by atoms with Gasteiger partial charge in [-0.25, -0.2) is 0 Å². The summed E-state index contributed by atoms with van der Waals surface area (Å²) in [4.78, 5) is 0.294. The molecule has 1 fully saturated rings. The molecular weight excluding hydrogens is 412 g/mol. The van der Waals surface area contributed by atoms with Gasteiger partial charge in [-0.05, 0) is 69.7 Å². The van der Waals surface area contributed by atoms with Gasteiger partial charge in [-0.3, -0.25) is 8.37 Å². The van der Waals surface area contributed by atoms with Gasteiger partial charge in [-0.2, -0.15) is 16.8 Å². The molecule has 8 heteroatoms. The first kappa shape index (κ1) is 22.0. The number of hydrogen-bond donors (Lipinski definition) is 0. The van der Waals surface area contributed by atoms with Gasteiger partial charge in [0.2, 0.25) is 0 Å². The van der Waals surface area contributed by atoms with Crippen molar-refractivity contribution in [1.82, 2.24) is 0 Å². The van der Waals surface area contributed by atoms with E-state index in [9.17, 15) is 16.8 Å². The Balaban J connectivity index is 1.50. The van der Waals surface area contributed by atoms with Crippen molar-refractivity contribution in [2.75, 3.05) is 6.61 Å². The van der Waals surface area contributed by atoms with Crippen LogP contribution in [0.1, 0.15) is 36.8 Å². The summed E-state index contributed by atoms with van der Waals surface area (Å²) in [6.07, 6.45) is 1.99. The molecule has 0 amide bonds. The molecule has 0 radical (unpaired) electrons. The third-order valence-electron chi connectivity index (χ3n) is 5.13. The van der Waals surface area contributed by atoms with E-state index in [1.165, 1.54) is 12.1 Å². The summed E-state index contributed by atoms with van der Waals surface area (Å²) < 4.78 is 60.0. The van der Waals surface area contributed by atoms with Gasteiger partial charge in [0, 0.05) is 0 Å². The maximum Gasteiger partial charge on any atom is 0.297 e. The van der Waals surface area contributed by atoms with E-state index in [1.807, 2.05) is 13.8 Å². The monoisotopic (exact) mass is 438 g/mol. The van der Waals surface area contributed by atoms with Crippen molar-refractivity contribution in [3.8, 4) is 0 Å². The van der Waals surface area contributed by atoms with Crippen molar-refractivity contribution in [2.24, 2.45) is 5.92 Å². The number of benzene rings is 2.